The van der Waals surface area contributed by atoms with Crippen LogP contribution in [0.25, 0.3) is 0 Å². The smallest absolute Gasteiger partial charge is 0.468 e. The maximum Gasteiger partial charge on any atom is 0.514 e. The number of hydrogen-bond acceptors (Lipinski definition) is 11. The Morgan fingerprint density at radius 3 is 1.88 bits per heavy atom. The van der Waals surface area contributed by atoms with Gasteiger partial charge in [-0.2, -0.15) is 0 Å². The SMILES string of the molecule is CCCC(C)C(=O)OCCN[C@@H](Cc1ccc(OC(=O)OC(C)C(C)C)c(OC(=O)OC(C)C(C)C)c1)C(=O)OC. The summed E-state index contributed by atoms with van der Waals surface area (Å²) < 4.78 is 31.5. The second kappa shape index (κ2) is 18.2. The Bertz CT molecular complexity index is 993. The molecule has 11 nitrogen and oxygen atoms in total. The Hall–Kier alpha value is -3.34. The largest absolute Gasteiger partial charge is 0.514 e. The van der Waals surface area contributed by atoms with Crippen molar-refractivity contribution in [3.8, 4) is 11.5 Å². The lowest BCUT2D eigenvalue weighted by atomic mass is 10.1. The minimum absolute atomic E-state index is 0.0538. The fourth-order valence-corrected chi connectivity index (χ4v) is 3.34. The van der Waals surface area contributed by atoms with E-state index >= 15 is 0 Å². The molecule has 232 valence electrons. The highest BCUT2D eigenvalue weighted by Crippen LogP contribution is 2.30. The van der Waals surface area contributed by atoms with E-state index in [1.165, 1.54) is 19.2 Å². The quantitative estimate of drug-likeness (QED) is 0.115. The monoisotopic (exact) mass is 581 g/mol. The molecular weight excluding hydrogens is 534 g/mol. The number of benzene rings is 1. The van der Waals surface area contributed by atoms with E-state index in [0.717, 1.165) is 12.8 Å². The van der Waals surface area contributed by atoms with Gasteiger partial charge in [-0.3, -0.25) is 9.59 Å². The van der Waals surface area contributed by atoms with Crippen molar-refractivity contribution >= 4 is 24.2 Å². The predicted molar refractivity (Wildman–Crippen MR) is 152 cm³/mol. The molecule has 0 saturated heterocycles. The Labute approximate surface area is 243 Å². The zero-order valence-corrected chi connectivity index (χ0v) is 25.8. The van der Waals surface area contributed by atoms with Crippen LogP contribution >= 0.6 is 0 Å². The van der Waals surface area contributed by atoms with Crippen LogP contribution in [0.4, 0.5) is 9.59 Å². The van der Waals surface area contributed by atoms with Gasteiger partial charge in [0.05, 0.1) is 13.0 Å². The van der Waals surface area contributed by atoms with Gasteiger partial charge in [0.1, 0.15) is 24.9 Å². The molecule has 0 aliphatic rings. The van der Waals surface area contributed by atoms with Gasteiger partial charge in [-0.15, -0.1) is 0 Å². The Morgan fingerprint density at radius 1 is 0.805 bits per heavy atom. The van der Waals surface area contributed by atoms with Crippen molar-refractivity contribution in [3.05, 3.63) is 23.8 Å². The lowest BCUT2D eigenvalue weighted by Gasteiger charge is -2.20. The number of rotatable bonds is 16. The summed E-state index contributed by atoms with van der Waals surface area (Å²) in [5.74, 6) is -1.04. The third-order valence-corrected chi connectivity index (χ3v) is 6.62. The molecule has 0 aliphatic heterocycles. The van der Waals surface area contributed by atoms with E-state index in [2.05, 4.69) is 5.32 Å². The highest BCUT2D eigenvalue weighted by Gasteiger charge is 2.24. The predicted octanol–water partition coefficient (Wildman–Crippen LogP) is 5.46. The van der Waals surface area contributed by atoms with E-state index < -0.39 is 36.5 Å². The molecule has 1 aromatic carbocycles. The topological polar surface area (TPSA) is 136 Å². The van der Waals surface area contributed by atoms with Gasteiger partial charge in [-0.25, -0.2) is 9.59 Å². The van der Waals surface area contributed by atoms with E-state index in [4.69, 9.17) is 28.4 Å². The molecule has 4 atom stereocenters. The zero-order chi connectivity index (χ0) is 31.1. The fraction of sp³-hybridized carbons (Fsp3) is 0.667. The van der Waals surface area contributed by atoms with Crippen LogP contribution < -0.4 is 14.8 Å². The standard InChI is InChI=1S/C30H47NO10/c1-10-11-20(6)27(32)37-15-14-31-24(28(33)36-9)16-23-12-13-25(40-29(34)38-21(7)18(2)3)26(17-23)41-30(35)39-22(8)19(4)5/h12-13,17-22,24,31H,10-11,14-16H2,1-9H3/t20?,21?,22?,24-/m0/s1. The molecule has 1 rings (SSSR count). The first kappa shape index (κ1) is 35.7. The van der Waals surface area contributed by atoms with Crippen LogP contribution in [0.3, 0.4) is 0 Å². The first-order chi connectivity index (χ1) is 19.3. The maximum absolute atomic E-state index is 12.5. The van der Waals surface area contributed by atoms with Crippen molar-refractivity contribution in [3.63, 3.8) is 0 Å². The number of methoxy groups -OCH3 is 1. The summed E-state index contributed by atoms with van der Waals surface area (Å²) in [5, 5.41) is 3.03. The molecule has 0 saturated carbocycles. The van der Waals surface area contributed by atoms with Crippen LogP contribution in [-0.2, 0) is 35.0 Å². The van der Waals surface area contributed by atoms with Crippen molar-refractivity contribution in [2.45, 2.75) is 92.9 Å². The van der Waals surface area contributed by atoms with Crippen LogP contribution in [0.1, 0.15) is 73.8 Å². The molecule has 0 radical (unpaired) electrons. The summed E-state index contributed by atoms with van der Waals surface area (Å²) in [6.07, 6.45) is -0.998. The molecule has 1 N–H and O–H groups in total. The first-order valence-corrected chi connectivity index (χ1v) is 14.2. The van der Waals surface area contributed by atoms with Gasteiger partial charge in [-0.1, -0.05) is 54.0 Å². The van der Waals surface area contributed by atoms with Gasteiger partial charge in [0.15, 0.2) is 11.5 Å². The van der Waals surface area contributed by atoms with Crippen molar-refractivity contribution in [1.82, 2.24) is 5.32 Å². The first-order valence-electron chi connectivity index (χ1n) is 14.2. The molecule has 0 aromatic heterocycles. The van der Waals surface area contributed by atoms with Crippen LogP contribution in [0.2, 0.25) is 0 Å². The van der Waals surface area contributed by atoms with Gasteiger partial charge < -0.3 is 33.7 Å². The van der Waals surface area contributed by atoms with Crippen molar-refractivity contribution < 1.29 is 47.6 Å². The number of carbonyl (C=O) groups is 4. The molecule has 0 heterocycles. The maximum atomic E-state index is 12.5. The Morgan fingerprint density at radius 2 is 1.37 bits per heavy atom. The zero-order valence-electron chi connectivity index (χ0n) is 25.8. The van der Waals surface area contributed by atoms with E-state index in [9.17, 15) is 19.2 Å². The molecule has 0 spiro atoms. The normalized spacial score (nSPS) is 14.0. The number of carbonyl (C=O) groups excluding carboxylic acids is 4. The lowest BCUT2D eigenvalue weighted by Crippen LogP contribution is -2.41. The third kappa shape index (κ3) is 13.2. The van der Waals surface area contributed by atoms with Gasteiger partial charge in [0.2, 0.25) is 0 Å². The van der Waals surface area contributed by atoms with Gasteiger partial charge in [0, 0.05) is 6.54 Å². The summed E-state index contributed by atoms with van der Waals surface area (Å²) in [7, 11) is 1.27. The molecule has 1 aromatic rings. The van der Waals surface area contributed by atoms with E-state index in [1.54, 1.807) is 19.9 Å². The molecule has 0 bridgehead atoms. The van der Waals surface area contributed by atoms with E-state index in [-0.39, 0.29) is 54.8 Å². The van der Waals surface area contributed by atoms with Crippen molar-refractivity contribution in [2.75, 3.05) is 20.3 Å². The highest BCUT2D eigenvalue weighted by atomic mass is 16.8. The summed E-state index contributed by atoms with van der Waals surface area (Å²) in [6, 6.07) is 3.74. The fourth-order valence-electron chi connectivity index (χ4n) is 3.34. The minimum Gasteiger partial charge on any atom is -0.468 e. The lowest BCUT2D eigenvalue weighted by molar-refractivity contribution is -0.148. The average Bonchev–Trinajstić information content (AvgIpc) is 2.90. The molecule has 41 heavy (non-hydrogen) atoms. The number of hydrogen-bond donors (Lipinski definition) is 1. The van der Waals surface area contributed by atoms with Gasteiger partial charge >= 0.3 is 24.2 Å². The average molecular weight is 582 g/mol. The highest BCUT2D eigenvalue weighted by molar-refractivity contribution is 5.76. The Balaban J connectivity index is 3.07. The number of esters is 2. The van der Waals surface area contributed by atoms with Gasteiger partial charge in [-0.05, 0) is 56.2 Å². The molecular formula is C30H47NO10. The second-order valence-electron chi connectivity index (χ2n) is 10.7. The van der Waals surface area contributed by atoms with Crippen molar-refractivity contribution in [2.24, 2.45) is 17.8 Å². The molecule has 0 aliphatic carbocycles. The summed E-state index contributed by atoms with van der Waals surface area (Å²) >= 11 is 0. The molecule has 3 unspecified atom stereocenters. The minimum atomic E-state index is -0.973. The third-order valence-electron chi connectivity index (χ3n) is 6.62. The Kier molecular flexibility index (Phi) is 15.8. The van der Waals surface area contributed by atoms with E-state index in [1.807, 2.05) is 41.5 Å². The summed E-state index contributed by atoms with van der Waals surface area (Å²) in [4.78, 5) is 49.4. The van der Waals surface area contributed by atoms with E-state index in [0.29, 0.717) is 5.56 Å². The van der Waals surface area contributed by atoms with Gasteiger partial charge in [0.25, 0.3) is 0 Å². The molecule has 0 fully saturated rings. The van der Waals surface area contributed by atoms with Crippen LogP contribution in [0, 0.1) is 17.8 Å². The van der Waals surface area contributed by atoms with Crippen LogP contribution in [0.15, 0.2) is 18.2 Å². The number of ether oxygens (including phenoxy) is 6. The molecule has 0 amide bonds. The second-order valence-corrected chi connectivity index (χ2v) is 10.7. The summed E-state index contributed by atoms with van der Waals surface area (Å²) in [5.41, 5.74) is 0.567. The van der Waals surface area contributed by atoms with Crippen molar-refractivity contribution in [1.29, 1.82) is 0 Å². The van der Waals surface area contributed by atoms with Crippen LogP contribution in [0.5, 0.6) is 11.5 Å². The van der Waals surface area contributed by atoms with Crippen LogP contribution in [-0.4, -0.2) is 62.8 Å². The molecule has 11 heteroatoms. The number of nitrogens with one attached hydrogen (secondary N) is 1. The summed E-state index contributed by atoms with van der Waals surface area (Å²) in [6.45, 7) is 15.2.